The molecule has 1 unspecified atom stereocenters. The van der Waals surface area contributed by atoms with Gasteiger partial charge in [0.05, 0.1) is 18.0 Å². The summed E-state index contributed by atoms with van der Waals surface area (Å²) < 4.78 is 53.0. The maximum atomic E-state index is 13.5. The summed E-state index contributed by atoms with van der Waals surface area (Å²) in [4.78, 5) is 14.3. The number of hydrogen-bond donors (Lipinski definition) is 1. The van der Waals surface area contributed by atoms with Crippen LogP contribution in [0.15, 0.2) is 48.5 Å². The van der Waals surface area contributed by atoms with E-state index in [4.69, 9.17) is 0 Å². The van der Waals surface area contributed by atoms with Crippen molar-refractivity contribution in [2.45, 2.75) is 18.6 Å². The molecule has 0 bridgehead atoms. The number of alkyl halides is 3. The first-order chi connectivity index (χ1) is 12.4. The highest BCUT2D eigenvalue weighted by Crippen LogP contribution is 2.32. The number of piperazine rings is 1. The van der Waals surface area contributed by atoms with Crippen LogP contribution in [0.25, 0.3) is 0 Å². The SMILES string of the molecule is O=C(Cc1ccccc1C(F)(F)F)N1CCNCC1c1cccc(F)c1. The molecular weight excluding hydrogens is 348 g/mol. The second kappa shape index (κ2) is 7.45. The van der Waals surface area contributed by atoms with Gasteiger partial charge in [0.1, 0.15) is 5.82 Å². The molecule has 1 atom stereocenters. The third-order valence-corrected chi connectivity index (χ3v) is 4.46. The van der Waals surface area contributed by atoms with Gasteiger partial charge in [0.2, 0.25) is 5.91 Å². The molecule has 1 N–H and O–H groups in total. The molecule has 3 nitrogen and oxygen atoms in total. The van der Waals surface area contributed by atoms with E-state index in [1.54, 1.807) is 12.1 Å². The zero-order valence-electron chi connectivity index (χ0n) is 13.9. The molecule has 2 aromatic rings. The van der Waals surface area contributed by atoms with Crippen molar-refractivity contribution in [3.63, 3.8) is 0 Å². The van der Waals surface area contributed by atoms with Crippen LogP contribution in [-0.2, 0) is 17.4 Å². The van der Waals surface area contributed by atoms with E-state index in [9.17, 15) is 22.4 Å². The van der Waals surface area contributed by atoms with Gasteiger partial charge < -0.3 is 10.2 Å². The molecule has 0 spiro atoms. The van der Waals surface area contributed by atoms with E-state index < -0.39 is 29.5 Å². The van der Waals surface area contributed by atoms with Crippen LogP contribution in [0.5, 0.6) is 0 Å². The van der Waals surface area contributed by atoms with Gasteiger partial charge in [-0.15, -0.1) is 0 Å². The number of amides is 1. The normalized spacial score (nSPS) is 18.0. The molecule has 2 aromatic carbocycles. The van der Waals surface area contributed by atoms with Gasteiger partial charge in [-0.3, -0.25) is 4.79 Å². The number of rotatable bonds is 3. The Hall–Kier alpha value is -2.41. The molecule has 7 heteroatoms. The number of hydrogen-bond acceptors (Lipinski definition) is 2. The molecule has 1 heterocycles. The summed E-state index contributed by atoms with van der Waals surface area (Å²) in [5, 5.41) is 3.14. The standard InChI is InChI=1S/C19H18F4N2O/c20-15-6-3-5-14(10-15)17-12-24-8-9-25(17)18(26)11-13-4-1-2-7-16(13)19(21,22)23/h1-7,10,17,24H,8-9,11-12H2. The summed E-state index contributed by atoms with van der Waals surface area (Å²) in [6, 6.07) is 10.6. The van der Waals surface area contributed by atoms with Crippen LogP contribution in [0, 0.1) is 5.82 Å². The van der Waals surface area contributed by atoms with Gasteiger partial charge in [-0.05, 0) is 29.3 Å². The van der Waals surface area contributed by atoms with Crippen molar-refractivity contribution < 1.29 is 22.4 Å². The van der Waals surface area contributed by atoms with Crippen LogP contribution in [0.1, 0.15) is 22.7 Å². The van der Waals surface area contributed by atoms with Gasteiger partial charge in [-0.1, -0.05) is 30.3 Å². The molecule has 3 rings (SSSR count). The summed E-state index contributed by atoms with van der Waals surface area (Å²) >= 11 is 0. The van der Waals surface area contributed by atoms with Crippen molar-refractivity contribution in [3.05, 3.63) is 71.0 Å². The molecule has 26 heavy (non-hydrogen) atoms. The summed E-state index contributed by atoms with van der Waals surface area (Å²) in [7, 11) is 0. The fourth-order valence-corrected chi connectivity index (χ4v) is 3.23. The molecule has 1 aliphatic rings. The molecule has 0 radical (unpaired) electrons. The van der Waals surface area contributed by atoms with E-state index in [1.807, 2.05) is 0 Å². The minimum atomic E-state index is -4.51. The smallest absolute Gasteiger partial charge is 0.333 e. The number of carbonyl (C=O) groups is 1. The predicted molar refractivity (Wildman–Crippen MR) is 88.9 cm³/mol. The fourth-order valence-electron chi connectivity index (χ4n) is 3.23. The lowest BCUT2D eigenvalue weighted by Gasteiger charge is -2.37. The number of nitrogens with one attached hydrogen (secondary N) is 1. The number of benzene rings is 2. The predicted octanol–water partition coefficient (Wildman–Crippen LogP) is 3.56. The summed E-state index contributed by atoms with van der Waals surface area (Å²) in [6.07, 6.45) is -4.86. The van der Waals surface area contributed by atoms with Crippen molar-refractivity contribution in [1.82, 2.24) is 10.2 Å². The van der Waals surface area contributed by atoms with Crippen LogP contribution < -0.4 is 5.32 Å². The highest BCUT2D eigenvalue weighted by molar-refractivity contribution is 5.80. The van der Waals surface area contributed by atoms with Gasteiger partial charge in [0.15, 0.2) is 0 Å². The minimum Gasteiger partial charge on any atom is -0.333 e. The minimum absolute atomic E-state index is 0.0541. The van der Waals surface area contributed by atoms with Crippen molar-refractivity contribution in [2.24, 2.45) is 0 Å². The highest BCUT2D eigenvalue weighted by Gasteiger charge is 2.35. The maximum Gasteiger partial charge on any atom is 0.416 e. The van der Waals surface area contributed by atoms with E-state index in [1.165, 1.54) is 35.2 Å². The number of nitrogens with zero attached hydrogens (tertiary/aromatic N) is 1. The molecule has 1 aliphatic heterocycles. The highest BCUT2D eigenvalue weighted by atomic mass is 19.4. The Morgan fingerprint density at radius 1 is 1.15 bits per heavy atom. The molecule has 1 fully saturated rings. The lowest BCUT2D eigenvalue weighted by Crippen LogP contribution is -2.49. The van der Waals surface area contributed by atoms with E-state index in [0.29, 0.717) is 25.2 Å². The average molecular weight is 366 g/mol. The van der Waals surface area contributed by atoms with E-state index in [0.717, 1.165) is 6.07 Å². The Bertz CT molecular complexity index is 791. The Balaban J connectivity index is 1.84. The second-order valence-corrected chi connectivity index (χ2v) is 6.19. The van der Waals surface area contributed by atoms with Crippen molar-refractivity contribution in [3.8, 4) is 0 Å². The molecule has 1 amide bonds. The van der Waals surface area contributed by atoms with Gasteiger partial charge in [-0.2, -0.15) is 13.2 Å². The average Bonchev–Trinajstić information content (AvgIpc) is 2.61. The summed E-state index contributed by atoms with van der Waals surface area (Å²) in [5.74, 6) is -0.819. The Labute approximate surface area is 148 Å². The van der Waals surface area contributed by atoms with Crippen LogP contribution in [0.2, 0.25) is 0 Å². The first-order valence-electron chi connectivity index (χ1n) is 8.27. The van der Waals surface area contributed by atoms with Crippen LogP contribution in [0.4, 0.5) is 17.6 Å². The maximum absolute atomic E-state index is 13.5. The lowest BCUT2D eigenvalue weighted by molar-refractivity contribution is -0.139. The molecule has 138 valence electrons. The zero-order valence-corrected chi connectivity index (χ0v) is 13.9. The second-order valence-electron chi connectivity index (χ2n) is 6.19. The molecular formula is C19H18F4N2O. The van der Waals surface area contributed by atoms with Crippen LogP contribution >= 0.6 is 0 Å². The molecule has 0 saturated carbocycles. The van der Waals surface area contributed by atoms with E-state index in [-0.39, 0.29) is 12.0 Å². The van der Waals surface area contributed by atoms with Gasteiger partial charge in [0, 0.05) is 19.6 Å². The van der Waals surface area contributed by atoms with Crippen molar-refractivity contribution >= 4 is 5.91 Å². The molecule has 1 saturated heterocycles. The Morgan fingerprint density at radius 3 is 2.65 bits per heavy atom. The third kappa shape index (κ3) is 4.04. The van der Waals surface area contributed by atoms with Crippen LogP contribution in [-0.4, -0.2) is 30.4 Å². The molecule has 0 aromatic heterocycles. The summed E-state index contributed by atoms with van der Waals surface area (Å²) in [5.41, 5.74) is -0.234. The van der Waals surface area contributed by atoms with Crippen molar-refractivity contribution in [1.29, 1.82) is 0 Å². The molecule has 0 aliphatic carbocycles. The number of carbonyl (C=O) groups excluding carboxylic acids is 1. The fraction of sp³-hybridized carbons (Fsp3) is 0.316. The van der Waals surface area contributed by atoms with Gasteiger partial charge >= 0.3 is 6.18 Å². The lowest BCUT2D eigenvalue weighted by atomic mass is 10.00. The first-order valence-corrected chi connectivity index (χ1v) is 8.27. The zero-order chi connectivity index (χ0) is 18.7. The Kier molecular flexibility index (Phi) is 5.27. The Morgan fingerprint density at radius 2 is 1.92 bits per heavy atom. The van der Waals surface area contributed by atoms with Gasteiger partial charge in [0.25, 0.3) is 0 Å². The summed E-state index contributed by atoms with van der Waals surface area (Å²) in [6.45, 7) is 1.32. The van der Waals surface area contributed by atoms with Gasteiger partial charge in [-0.25, -0.2) is 4.39 Å². The van der Waals surface area contributed by atoms with E-state index >= 15 is 0 Å². The quantitative estimate of drug-likeness (QED) is 0.843. The third-order valence-electron chi connectivity index (χ3n) is 4.46. The largest absolute Gasteiger partial charge is 0.416 e. The van der Waals surface area contributed by atoms with E-state index in [2.05, 4.69) is 5.32 Å². The van der Waals surface area contributed by atoms with Crippen LogP contribution in [0.3, 0.4) is 0 Å². The number of halogens is 4. The first kappa shape index (κ1) is 18.4. The topological polar surface area (TPSA) is 32.3 Å². The monoisotopic (exact) mass is 366 g/mol. The van der Waals surface area contributed by atoms with Crippen molar-refractivity contribution in [2.75, 3.05) is 19.6 Å².